The molecule has 1 aromatic carbocycles. The van der Waals surface area contributed by atoms with Crippen LogP contribution in [0.2, 0.25) is 0 Å². The average molecular weight is 234 g/mol. The fourth-order valence-electron chi connectivity index (χ4n) is 1.33. The van der Waals surface area contributed by atoms with Gasteiger partial charge in [0.1, 0.15) is 12.9 Å². The smallest absolute Gasteiger partial charge is 0.343 e. The van der Waals surface area contributed by atoms with Crippen LogP contribution >= 0.6 is 0 Å². The van der Waals surface area contributed by atoms with E-state index in [1.54, 1.807) is 38.1 Å². The first-order valence-electron chi connectivity index (χ1n) is 5.35. The van der Waals surface area contributed by atoms with Gasteiger partial charge in [-0.1, -0.05) is 18.2 Å². The lowest BCUT2D eigenvalue weighted by Crippen LogP contribution is -2.31. The van der Waals surface area contributed by atoms with Crippen LogP contribution in [0.1, 0.15) is 24.2 Å². The van der Waals surface area contributed by atoms with Crippen molar-refractivity contribution in [3.63, 3.8) is 0 Å². The van der Waals surface area contributed by atoms with Crippen LogP contribution in [-0.2, 0) is 14.2 Å². The molecule has 0 fully saturated rings. The third kappa shape index (κ3) is 3.07. The van der Waals surface area contributed by atoms with Gasteiger partial charge in [0.05, 0.1) is 5.56 Å². The molecule has 90 valence electrons. The van der Waals surface area contributed by atoms with Crippen molar-refractivity contribution < 1.29 is 19.0 Å². The van der Waals surface area contributed by atoms with Gasteiger partial charge < -0.3 is 14.2 Å². The number of rotatable bonds is 2. The van der Waals surface area contributed by atoms with E-state index in [2.05, 4.69) is 0 Å². The summed E-state index contributed by atoms with van der Waals surface area (Å²) in [5, 5.41) is 0. The molecule has 0 spiro atoms. The van der Waals surface area contributed by atoms with Gasteiger partial charge in [-0.2, -0.15) is 0 Å². The standard InChI is InChI=1S/C13H14O4/c1-13(2)15-8-11(9-16-13)17-12(14)10-6-4-3-5-7-10/h3-8H,9H2,1-2H3. The fourth-order valence-corrected chi connectivity index (χ4v) is 1.33. The van der Waals surface area contributed by atoms with Crippen LogP contribution in [0.3, 0.4) is 0 Å². The minimum atomic E-state index is -0.664. The largest absolute Gasteiger partial charge is 0.467 e. The molecule has 0 unspecified atom stereocenters. The van der Waals surface area contributed by atoms with E-state index in [0.717, 1.165) is 0 Å². The first-order valence-corrected chi connectivity index (χ1v) is 5.35. The lowest BCUT2D eigenvalue weighted by atomic mass is 10.2. The van der Waals surface area contributed by atoms with Gasteiger partial charge in [-0.3, -0.25) is 0 Å². The van der Waals surface area contributed by atoms with Crippen LogP contribution in [0.25, 0.3) is 0 Å². The van der Waals surface area contributed by atoms with Gasteiger partial charge in [0.25, 0.3) is 0 Å². The van der Waals surface area contributed by atoms with Crippen LogP contribution < -0.4 is 0 Å². The van der Waals surface area contributed by atoms with Crippen LogP contribution in [0.15, 0.2) is 42.4 Å². The van der Waals surface area contributed by atoms with Crippen LogP contribution in [-0.4, -0.2) is 18.4 Å². The Morgan fingerprint density at radius 1 is 1.29 bits per heavy atom. The van der Waals surface area contributed by atoms with Crippen LogP contribution in [0, 0.1) is 0 Å². The van der Waals surface area contributed by atoms with E-state index in [0.29, 0.717) is 11.3 Å². The Kier molecular flexibility index (Phi) is 3.15. The monoisotopic (exact) mass is 234 g/mol. The highest BCUT2D eigenvalue weighted by Crippen LogP contribution is 2.20. The molecule has 0 saturated heterocycles. The predicted octanol–water partition coefficient (Wildman–Crippen LogP) is 2.47. The zero-order chi connectivity index (χ0) is 12.3. The molecule has 1 heterocycles. The van der Waals surface area contributed by atoms with E-state index >= 15 is 0 Å². The second-order valence-electron chi connectivity index (χ2n) is 4.15. The maximum absolute atomic E-state index is 11.7. The molecule has 17 heavy (non-hydrogen) atoms. The first-order chi connectivity index (χ1) is 8.07. The summed E-state index contributed by atoms with van der Waals surface area (Å²) in [5.41, 5.74) is 0.498. The van der Waals surface area contributed by atoms with Crippen molar-refractivity contribution in [1.29, 1.82) is 0 Å². The van der Waals surface area contributed by atoms with E-state index in [4.69, 9.17) is 14.2 Å². The van der Waals surface area contributed by atoms with Crippen LogP contribution in [0.5, 0.6) is 0 Å². The average Bonchev–Trinajstić information content (AvgIpc) is 2.33. The number of carbonyl (C=O) groups excluding carboxylic acids is 1. The third-order valence-electron chi connectivity index (χ3n) is 2.27. The van der Waals surface area contributed by atoms with Gasteiger partial charge in [0.15, 0.2) is 5.76 Å². The number of hydrogen-bond acceptors (Lipinski definition) is 4. The van der Waals surface area contributed by atoms with Crippen molar-refractivity contribution in [2.45, 2.75) is 19.6 Å². The molecule has 4 heteroatoms. The molecule has 1 aliphatic heterocycles. The molecule has 0 amide bonds. The molecule has 2 rings (SSSR count). The summed E-state index contributed by atoms with van der Waals surface area (Å²) >= 11 is 0. The minimum Gasteiger partial charge on any atom is -0.467 e. The van der Waals surface area contributed by atoms with E-state index in [1.165, 1.54) is 6.26 Å². The summed E-state index contributed by atoms with van der Waals surface area (Å²) in [6.07, 6.45) is 1.42. The Balaban J connectivity index is 1.99. The first kappa shape index (κ1) is 11.7. The number of benzene rings is 1. The Morgan fingerprint density at radius 2 is 2.00 bits per heavy atom. The van der Waals surface area contributed by atoms with Gasteiger partial charge in [0.2, 0.25) is 5.79 Å². The Hall–Kier alpha value is -1.81. The lowest BCUT2D eigenvalue weighted by Gasteiger charge is -2.29. The highest BCUT2D eigenvalue weighted by atomic mass is 16.7. The highest BCUT2D eigenvalue weighted by molar-refractivity contribution is 5.89. The molecule has 0 N–H and O–H groups in total. The summed E-state index contributed by atoms with van der Waals surface area (Å²) in [7, 11) is 0. The van der Waals surface area contributed by atoms with Gasteiger partial charge in [-0.05, 0) is 12.1 Å². The Bertz CT molecular complexity index is 434. The summed E-state index contributed by atoms with van der Waals surface area (Å²) in [6.45, 7) is 3.81. The molecule has 1 aliphatic rings. The molecule has 0 radical (unpaired) electrons. The topological polar surface area (TPSA) is 44.8 Å². The normalized spacial score (nSPS) is 17.9. The van der Waals surface area contributed by atoms with Crippen molar-refractivity contribution in [2.24, 2.45) is 0 Å². The molecule has 0 atom stereocenters. The van der Waals surface area contributed by atoms with Gasteiger partial charge >= 0.3 is 5.97 Å². The molecule has 4 nitrogen and oxygen atoms in total. The highest BCUT2D eigenvalue weighted by Gasteiger charge is 2.25. The molecular formula is C13H14O4. The summed E-state index contributed by atoms with van der Waals surface area (Å²) < 4.78 is 15.7. The van der Waals surface area contributed by atoms with Gasteiger partial charge in [-0.15, -0.1) is 0 Å². The molecular weight excluding hydrogens is 220 g/mol. The molecule has 0 bridgehead atoms. The molecule has 0 aromatic heterocycles. The molecule has 1 aromatic rings. The lowest BCUT2D eigenvalue weighted by molar-refractivity contribution is -0.197. The van der Waals surface area contributed by atoms with E-state index in [9.17, 15) is 4.79 Å². The van der Waals surface area contributed by atoms with Crippen molar-refractivity contribution in [3.8, 4) is 0 Å². The second-order valence-corrected chi connectivity index (χ2v) is 4.15. The quantitative estimate of drug-likeness (QED) is 0.737. The minimum absolute atomic E-state index is 0.228. The fraction of sp³-hybridized carbons (Fsp3) is 0.308. The van der Waals surface area contributed by atoms with Gasteiger partial charge in [-0.25, -0.2) is 4.79 Å². The zero-order valence-electron chi connectivity index (χ0n) is 9.80. The number of ether oxygens (including phenoxy) is 3. The maximum Gasteiger partial charge on any atom is 0.343 e. The summed E-state index contributed by atoms with van der Waals surface area (Å²) in [5.74, 6) is -0.704. The van der Waals surface area contributed by atoms with E-state index in [1.807, 2.05) is 6.07 Å². The SMILES string of the molecule is CC1(C)OC=C(OC(=O)c2ccccc2)CO1. The van der Waals surface area contributed by atoms with E-state index < -0.39 is 11.8 Å². The number of carbonyl (C=O) groups is 1. The van der Waals surface area contributed by atoms with Gasteiger partial charge in [0, 0.05) is 13.8 Å². The third-order valence-corrected chi connectivity index (χ3v) is 2.27. The molecule has 0 aliphatic carbocycles. The van der Waals surface area contributed by atoms with E-state index in [-0.39, 0.29) is 6.61 Å². The second kappa shape index (κ2) is 4.59. The van der Waals surface area contributed by atoms with Crippen LogP contribution in [0.4, 0.5) is 0 Å². The zero-order valence-corrected chi connectivity index (χ0v) is 9.80. The van der Waals surface area contributed by atoms with Crippen molar-refractivity contribution >= 4 is 5.97 Å². The predicted molar refractivity (Wildman–Crippen MR) is 61.1 cm³/mol. The Labute approximate surface area is 99.8 Å². The van der Waals surface area contributed by atoms with Crippen molar-refractivity contribution in [3.05, 3.63) is 47.9 Å². The Morgan fingerprint density at radius 3 is 2.59 bits per heavy atom. The number of hydrogen-bond donors (Lipinski definition) is 0. The summed E-state index contributed by atoms with van der Waals surface area (Å²) in [6, 6.07) is 8.78. The van der Waals surface area contributed by atoms with Crippen molar-refractivity contribution in [2.75, 3.05) is 6.61 Å². The van der Waals surface area contributed by atoms with Crippen molar-refractivity contribution in [1.82, 2.24) is 0 Å². The number of esters is 1. The summed E-state index contributed by atoms with van der Waals surface area (Å²) in [4.78, 5) is 11.7. The molecule has 0 saturated carbocycles. The maximum atomic E-state index is 11.7.